The maximum Gasteiger partial charge on any atom is 0.0594 e. The summed E-state index contributed by atoms with van der Waals surface area (Å²) in [4.78, 5) is 4.19. The summed E-state index contributed by atoms with van der Waals surface area (Å²) in [5.41, 5.74) is 4.09. The second-order valence-electron chi connectivity index (χ2n) is 4.12. The number of nitrogens with one attached hydrogen (secondary N) is 1. The maximum atomic E-state index is 4.19. The minimum absolute atomic E-state index is 0.304. The zero-order valence-electron chi connectivity index (χ0n) is 9.06. The highest BCUT2D eigenvalue weighted by atomic mass is 14.9. The van der Waals surface area contributed by atoms with E-state index < -0.39 is 0 Å². The second-order valence-corrected chi connectivity index (χ2v) is 4.12. The molecule has 2 heterocycles. The number of aromatic nitrogens is 1. The third kappa shape index (κ3) is 1.61. The molecule has 0 bridgehead atoms. The Bertz CT molecular complexity index is 479. The Morgan fingerprint density at radius 2 is 2.06 bits per heavy atom. The van der Waals surface area contributed by atoms with Crippen LogP contribution in [0, 0.1) is 0 Å². The van der Waals surface area contributed by atoms with Gasteiger partial charge in [-0.2, -0.15) is 0 Å². The van der Waals surface area contributed by atoms with Gasteiger partial charge in [0.05, 0.1) is 6.04 Å². The van der Waals surface area contributed by atoms with Crippen molar-refractivity contribution in [3.05, 3.63) is 65.5 Å². The van der Waals surface area contributed by atoms with Crippen LogP contribution >= 0.6 is 0 Å². The fourth-order valence-electron chi connectivity index (χ4n) is 2.35. The fourth-order valence-corrected chi connectivity index (χ4v) is 2.35. The summed E-state index contributed by atoms with van der Waals surface area (Å²) in [5.74, 6) is 0. The summed E-state index contributed by atoms with van der Waals surface area (Å²) in [6, 6.07) is 13.1. The molecule has 0 unspecified atom stereocenters. The maximum absolute atomic E-state index is 4.19. The van der Waals surface area contributed by atoms with E-state index in [1.54, 1.807) is 0 Å². The standard InChI is InChI=1S/C14H14N2/c1-2-6-13-11(4-1)7-9-16-14(13)12-5-3-8-15-10-12/h1-6,8,10,14,16H,7,9H2/t14-/m1/s1. The average molecular weight is 210 g/mol. The first-order valence-corrected chi connectivity index (χ1v) is 5.66. The van der Waals surface area contributed by atoms with Gasteiger partial charge in [-0.1, -0.05) is 30.3 Å². The molecule has 1 aliphatic heterocycles. The molecule has 2 aromatic rings. The number of fused-ring (bicyclic) bond motifs is 1. The lowest BCUT2D eigenvalue weighted by molar-refractivity contribution is 0.566. The fraction of sp³-hybridized carbons (Fsp3) is 0.214. The minimum Gasteiger partial charge on any atom is -0.306 e. The van der Waals surface area contributed by atoms with Crippen molar-refractivity contribution < 1.29 is 0 Å². The summed E-state index contributed by atoms with van der Waals surface area (Å²) >= 11 is 0. The Labute approximate surface area is 95.3 Å². The molecule has 16 heavy (non-hydrogen) atoms. The van der Waals surface area contributed by atoms with Gasteiger partial charge in [-0.05, 0) is 29.2 Å². The molecule has 1 aromatic carbocycles. The molecule has 0 fully saturated rings. The largest absolute Gasteiger partial charge is 0.306 e. The van der Waals surface area contributed by atoms with Crippen LogP contribution in [0.2, 0.25) is 0 Å². The third-order valence-electron chi connectivity index (χ3n) is 3.13. The summed E-state index contributed by atoms with van der Waals surface area (Å²) in [6.45, 7) is 1.04. The SMILES string of the molecule is c1cncc([C@H]2NCCc3ccccc32)c1. The van der Waals surface area contributed by atoms with Crippen LogP contribution in [-0.2, 0) is 6.42 Å². The molecule has 0 saturated carbocycles. The van der Waals surface area contributed by atoms with Crippen molar-refractivity contribution in [2.24, 2.45) is 0 Å². The van der Waals surface area contributed by atoms with E-state index in [1.165, 1.54) is 16.7 Å². The summed E-state index contributed by atoms with van der Waals surface area (Å²) in [5, 5.41) is 3.55. The van der Waals surface area contributed by atoms with Gasteiger partial charge in [-0.3, -0.25) is 4.98 Å². The van der Waals surface area contributed by atoms with Crippen molar-refractivity contribution in [1.82, 2.24) is 10.3 Å². The van der Waals surface area contributed by atoms with Gasteiger partial charge < -0.3 is 5.32 Å². The predicted octanol–water partition coefficient (Wildman–Crippen LogP) is 2.32. The number of hydrogen-bond acceptors (Lipinski definition) is 2. The molecule has 1 N–H and O–H groups in total. The minimum atomic E-state index is 0.304. The van der Waals surface area contributed by atoms with E-state index in [0.717, 1.165) is 13.0 Å². The Kier molecular flexibility index (Phi) is 2.43. The summed E-state index contributed by atoms with van der Waals surface area (Å²) in [7, 11) is 0. The first-order valence-electron chi connectivity index (χ1n) is 5.66. The molecule has 1 aromatic heterocycles. The zero-order chi connectivity index (χ0) is 10.8. The van der Waals surface area contributed by atoms with E-state index in [4.69, 9.17) is 0 Å². The molecular formula is C14H14N2. The molecule has 0 saturated heterocycles. The normalized spacial score (nSPS) is 19.1. The second kappa shape index (κ2) is 4.06. The quantitative estimate of drug-likeness (QED) is 0.781. The number of hydrogen-bond donors (Lipinski definition) is 1. The van der Waals surface area contributed by atoms with Crippen LogP contribution in [0.4, 0.5) is 0 Å². The van der Waals surface area contributed by atoms with E-state index in [1.807, 2.05) is 18.5 Å². The van der Waals surface area contributed by atoms with Crippen molar-refractivity contribution in [3.63, 3.8) is 0 Å². The van der Waals surface area contributed by atoms with Crippen LogP contribution in [0.15, 0.2) is 48.8 Å². The lowest BCUT2D eigenvalue weighted by atomic mass is 9.91. The molecule has 0 aliphatic carbocycles. The highest BCUT2D eigenvalue weighted by Crippen LogP contribution is 2.27. The molecule has 1 atom stereocenters. The van der Waals surface area contributed by atoms with Gasteiger partial charge in [0, 0.05) is 18.9 Å². The van der Waals surface area contributed by atoms with E-state index in [0.29, 0.717) is 6.04 Å². The molecule has 2 nitrogen and oxygen atoms in total. The zero-order valence-corrected chi connectivity index (χ0v) is 9.06. The highest BCUT2D eigenvalue weighted by molar-refractivity contribution is 5.38. The van der Waals surface area contributed by atoms with Crippen molar-refractivity contribution in [2.75, 3.05) is 6.54 Å². The van der Waals surface area contributed by atoms with E-state index in [9.17, 15) is 0 Å². The first-order chi connectivity index (χ1) is 7.95. The van der Waals surface area contributed by atoms with Gasteiger partial charge in [0.2, 0.25) is 0 Å². The van der Waals surface area contributed by atoms with Gasteiger partial charge >= 0.3 is 0 Å². The first kappa shape index (κ1) is 9.55. The number of nitrogens with zero attached hydrogens (tertiary/aromatic N) is 1. The van der Waals surface area contributed by atoms with Crippen LogP contribution < -0.4 is 5.32 Å². The molecule has 1 aliphatic rings. The van der Waals surface area contributed by atoms with Crippen molar-refractivity contribution >= 4 is 0 Å². The van der Waals surface area contributed by atoms with Crippen molar-refractivity contribution in [1.29, 1.82) is 0 Å². The Morgan fingerprint density at radius 3 is 2.94 bits per heavy atom. The van der Waals surface area contributed by atoms with E-state index >= 15 is 0 Å². The van der Waals surface area contributed by atoms with Crippen LogP contribution in [0.5, 0.6) is 0 Å². The average Bonchev–Trinajstić information content (AvgIpc) is 2.39. The van der Waals surface area contributed by atoms with E-state index in [-0.39, 0.29) is 0 Å². The number of rotatable bonds is 1. The topological polar surface area (TPSA) is 24.9 Å². The molecule has 3 rings (SSSR count). The smallest absolute Gasteiger partial charge is 0.0594 e. The highest BCUT2D eigenvalue weighted by Gasteiger charge is 2.20. The van der Waals surface area contributed by atoms with Gasteiger partial charge in [0.1, 0.15) is 0 Å². The monoisotopic (exact) mass is 210 g/mol. The van der Waals surface area contributed by atoms with Crippen molar-refractivity contribution in [2.45, 2.75) is 12.5 Å². The van der Waals surface area contributed by atoms with E-state index in [2.05, 4.69) is 40.6 Å². The van der Waals surface area contributed by atoms with Crippen LogP contribution in [0.25, 0.3) is 0 Å². The Balaban J connectivity index is 2.05. The van der Waals surface area contributed by atoms with Gasteiger partial charge in [0.15, 0.2) is 0 Å². The Hall–Kier alpha value is -1.67. The summed E-state index contributed by atoms with van der Waals surface area (Å²) in [6.07, 6.45) is 4.88. The lowest BCUT2D eigenvalue weighted by Crippen LogP contribution is -2.30. The van der Waals surface area contributed by atoms with Gasteiger partial charge in [-0.25, -0.2) is 0 Å². The molecule has 80 valence electrons. The van der Waals surface area contributed by atoms with Crippen LogP contribution in [-0.4, -0.2) is 11.5 Å². The van der Waals surface area contributed by atoms with Gasteiger partial charge in [0.25, 0.3) is 0 Å². The third-order valence-corrected chi connectivity index (χ3v) is 3.13. The summed E-state index contributed by atoms with van der Waals surface area (Å²) < 4.78 is 0. The number of benzene rings is 1. The van der Waals surface area contributed by atoms with Crippen molar-refractivity contribution in [3.8, 4) is 0 Å². The molecule has 0 amide bonds. The predicted molar refractivity (Wildman–Crippen MR) is 64.2 cm³/mol. The Morgan fingerprint density at radius 1 is 1.12 bits per heavy atom. The van der Waals surface area contributed by atoms with Gasteiger partial charge in [-0.15, -0.1) is 0 Å². The molecule has 2 heteroatoms. The molecular weight excluding hydrogens is 196 g/mol. The van der Waals surface area contributed by atoms with Crippen LogP contribution in [0.3, 0.4) is 0 Å². The molecule has 0 spiro atoms. The van der Waals surface area contributed by atoms with Crippen LogP contribution in [0.1, 0.15) is 22.7 Å². The molecule has 0 radical (unpaired) electrons. The number of pyridine rings is 1. The lowest BCUT2D eigenvalue weighted by Gasteiger charge is -2.26.